The maximum absolute atomic E-state index is 13.1. The zero-order valence-electron chi connectivity index (χ0n) is 6.38. The first-order chi connectivity index (χ1) is 5.83. The molecule has 1 aromatic rings. The van der Waals surface area contributed by atoms with Crippen molar-refractivity contribution in [2.24, 2.45) is 0 Å². The Morgan fingerprint density at radius 1 is 1.42 bits per heavy atom. The van der Waals surface area contributed by atoms with Gasteiger partial charge in [-0.3, -0.25) is 4.79 Å². The predicted octanol–water partition coefficient (Wildman–Crippen LogP) is 1.96. The maximum Gasteiger partial charge on any atom is 0.150 e. The Hall–Kier alpha value is -1.44. The van der Waals surface area contributed by atoms with Crippen molar-refractivity contribution in [3.8, 4) is 0 Å². The van der Waals surface area contributed by atoms with Gasteiger partial charge in [0.1, 0.15) is 12.1 Å². The molecular formula is C10H7FO. The van der Waals surface area contributed by atoms with E-state index in [4.69, 9.17) is 0 Å². The first kappa shape index (κ1) is 7.22. The number of hydrogen-bond donors (Lipinski definition) is 0. The number of rotatable bonds is 1. The highest BCUT2D eigenvalue weighted by Crippen LogP contribution is 2.27. The molecule has 0 radical (unpaired) electrons. The molecule has 0 unspecified atom stereocenters. The van der Waals surface area contributed by atoms with E-state index in [1.807, 2.05) is 6.07 Å². The topological polar surface area (TPSA) is 17.1 Å². The number of hydrogen-bond acceptors (Lipinski definition) is 1. The molecule has 0 atom stereocenters. The van der Waals surface area contributed by atoms with Crippen molar-refractivity contribution in [2.75, 3.05) is 0 Å². The van der Waals surface area contributed by atoms with Crippen molar-refractivity contribution in [1.82, 2.24) is 0 Å². The van der Waals surface area contributed by atoms with Gasteiger partial charge < -0.3 is 0 Å². The van der Waals surface area contributed by atoms with Gasteiger partial charge in [0.25, 0.3) is 0 Å². The number of aldehydes is 1. The summed E-state index contributed by atoms with van der Waals surface area (Å²) < 4.78 is 13.1. The number of carbonyl (C=O) groups is 1. The van der Waals surface area contributed by atoms with E-state index in [-0.39, 0.29) is 5.82 Å². The summed E-state index contributed by atoms with van der Waals surface area (Å²) in [6.07, 6.45) is 3.12. The first-order valence-electron chi connectivity index (χ1n) is 3.76. The number of benzene rings is 1. The Morgan fingerprint density at radius 3 is 3.00 bits per heavy atom. The standard InChI is InChI=1S/C10H7FO/c11-9-3-1-2-7-4-5-8(6-12)10(7)9/h1-3,5-6H,4H2. The van der Waals surface area contributed by atoms with Crippen LogP contribution in [-0.2, 0) is 11.2 Å². The SMILES string of the molecule is O=CC1=CCc2cccc(F)c21. The van der Waals surface area contributed by atoms with Crippen molar-refractivity contribution in [3.63, 3.8) is 0 Å². The molecule has 2 rings (SSSR count). The van der Waals surface area contributed by atoms with Gasteiger partial charge in [0.15, 0.2) is 0 Å². The lowest BCUT2D eigenvalue weighted by molar-refractivity contribution is -0.103. The van der Waals surface area contributed by atoms with Crippen molar-refractivity contribution in [3.05, 3.63) is 41.2 Å². The van der Waals surface area contributed by atoms with Crippen LogP contribution in [0.25, 0.3) is 5.57 Å². The van der Waals surface area contributed by atoms with Gasteiger partial charge in [-0.05, 0) is 18.1 Å². The fourth-order valence-electron chi connectivity index (χ4n) is 1.49. The van der Waals surface area contributed by atoms with Crippen LogP contribution in [0.3, 0.4) is 0 Å². The summed E-state index contributed by atoms with van der Waals surface area (Å²) in [6, 6.07) is 4.88. The minimum absolute atomic E-state index is 0.302. The molecule has 0 aliphatic heterocycles. The highest BCUT2D eigenvalue weighted by Gasteiger charge is 2.16. The summed E-state index contributed by atoms with van der Waals surface area (Å²) >= 11 is 0. The third kappa shape index (κ3) is 0.881. The van der Waals surface area contributed by atoms with Crippen molar-refractivity contribution < 1.29 is 9.18 Å². The number of carbonyl (C=O) groups excluding carboxylic acids is 1. The summed E-state index contributed by atoms with van der Waals surface area (Å²) in [5.74, 6) is -0.302. The Labute approximate surface area is 69.5 Å². The van der Waals surface area contributed by atoms with E-state index >= 15 is 0 Å². The Bertz CT molecular complexity index is 366. The molecular weight excluding hydrogens is 155 g/mol. The van der Waals surface area contributed by atoms with E-state index in [1.54, 1.807) is 12.1 Å². The smallest absolute Gasteiger partial charge is 0.150 e. The van der Waals surface area contributed by atoms with Gasteiger partial charge in [0, 0.05) is 11.1 Å². The molecule has 0 aromatic heterocycles. The lowest BCUT2D eigenvalue weighted by atomic mass is 10.1. The van der Waals surface area contributed by atoms with Crippen LogP contribution in [0.15, 0.2) is 24.3 Å². The average molecular weight is 162 g/mol. The van der Waals surface area contributed by atoms with E-state index in [2.05, 4.69) is 0 Å². The summed E-state index contributed by atoms with van der Waals surface area (Å²) in [5, 5.41) is 0. The minimum atomic E-state index is -0.302. The van der Waals surface area contributed by atoms with Crippen LogP contribution in [-0.4, -0.2) is 6.29 Å². The maximum atomic E-state index is 13.1. The number of halogens is 1. The van der Waals surface area contributed by atoms with E-state index in [0.29, 0.717) is 23.8 Å². The molecule has 2 heteroatoms. The highest BCUT2D eigenvalue weighted by molar-refractivity contribution is 6.09. The van der Waals surface area contributed by atoms with Crippen LogP contribution in [0.1, 0.15) is 11.1 Å². The molecule has 0 saturated carbocycles. The number of allylic oxidation sites excluding steroid dienone is 2. The highest BCUT2D eigenvalue weighted by atomic mass is 19.1. The summed E-state index contributed by atoms with van der Waals surface area (Å²) in [6.45, 7) is 0. The van der Waals surface area contributed by atoms with Gasteiger partial charge in [-0.2, -0.15) is 0 Å². The van der Waals surface area contributed by atoms with Crippen LogP contribution >= 0.6 is 0 Å². The Balaban J connectivity index is 2.64. The second kappa shape index (κ2) is 2.55. The van der Waals surface area contributed by atoms with Crippen LogP contribution < -0.4 is 0 Å². The van der Waals surface area contributed by atoms with Crippen LogP contribution in [0.4, 0.5) is 4.39 Å². The second-order valence-electron chi connectivity index (χ2n) is 2.76. The fourth-order valence-corrected chi connectivity index (χ4v) is 1.49. The molecule has 0 saturated heterocycles. The molecule has 1 aliphatic carbocycles. The van der Waals surface area contributed by atoms with Gasteiger partial charge in [-0.1, -0.05) is 18.2 Å². The van der Waals surface area contributed by atoms with E-state index in [1.165, 1.54) is 6.07 Å². The predicted molar refractivity (Wildman–Crippen MR) is 44.1 cm³/mol. The van der Waals surface area contributed by atoms with Crippen LogP contribution in [0, 0.1) is 5.82 Å². The lowest BCUT2D eigenvalue weighted by Gasteiger charge is -2.00. The molecule has 0 spiro atoms. The normalized spacial score (nSPS) is 13.9. The molecule has 0 amide bonds. The largest absolute Gasteiger partial charge is 0.298 e. The van der Waals surface area contributed by atoms with Gasteiger partial charge >= 0.3 is 0 Å². The first-order valence-corrected chi connectivity index (χ1v) is 3.76. The number of fused-ring (bicyclic) bond motifs is 1. The summed E-state index contributed by atoms with van der Waals surface area (Å²) in [7, 11) is 0. The molecule has 1 aromatic carbocycles. The van der Waals surface area contributed by atoms with Gasteiger partial charge in [0.05, 0.1) is 0 Å². The van der Waals surface area contributed by atoms with Crippen molar-refractivity contribution >= 4 is 11.9 Å². The van der Waals surface area contributed by atoms with Gasteiger partial charge in [-0.25, -0.2) is 4.39 Å². The van der Waals surface area contributed by atoms with Crippen molar-refractivity contribution in [2.45, 2.75) is 6.42 Å². The summed E-state index contributed by atoms with van der Waals surface area (Å²) in [5.41, 5.74) is 1.85. The third-order valence-corrected chi connectivity index (χ3v) is 2.06. The molecule has 0 heterocycles. The third-order valence-electron chi connectivity index (χ3n) is 2.06. The quantitative estimate of drug-likeness (QED) is 0.577. The average Bonchev–Trinajstić information content (AvgIpc) is 2.49. The lowest BCUT2D eigenvalue weighted by Crippen LogP contribution is -1.90. The molecule has 0 bridgehead atoms. The van der Waals surface area contributed by atoms with E-state index in [9.17, 15) is 9.18 Å². The Morgan fingerprint density at radius 2 is 2.25 bits per heavy atom. The monoisotopic (exact) mass is 162 g/mol. The van der Waals surface area contributed by atoms with Gasteiger partial charge in [0.2, 0.25) is 0 Å². The van der Waals surface area contributed by atoms with Crippen LogP contribution in [0.2, 0.25) is 0 Å². The zero-order chi connectivity index (χ0) is 8.55. The molecule has 1 aliphatic rings. The zero-order valence-corrected chi connectivity index (χ0v) is 6.38. The van der Waals surface area contributed by atoms with Crippen molar-refractivity contribution in [1.29, 1.82) is 0 Å². The second-order valence-corrected chi connectivity index (χ2v) is 2.76. The Kier molecular flexibility index (Phi) is 1.54. The molecule has 1 nitrogen and oxygen atoms in total. The van der Waals surface area contributed by atoms with E-state index in [0.717, 1.165) is 5.56 Å². The fraction of sp³-hybridized carbons (Fsp3) is 0.100. The molecule has 60 valence electrons. The minimum Gasteiger partial charge on any atom is -0.298 e. The van der Waals surface area contributed by atoms with E-state index < -0.39 is 0 Å². The molecule has 0 fully saturated rings. The van der Waals surface area contributed by atoms with Gasteiger partial charge in [-0.15, -0.1) is 0 Å². The molecule has 0 N–H and O–H groups in total. The summed E-state index contributed by atoms with van der Waals surface area (Å²) in [4.78, 5) is 10.5. The molecule has 12 heavy (non-hydrogen) atoms. The van der Waals surface area contributed by atoms with Crippen LogP contribution in [0.5, 0.6) is 0 Å².